The van der Waals surface area contributed by atoms with Gasteiger partial charge < -0.3 is 10.4 Å². The van der Waals surface area contributed by atoms with Gasteiger partial charge in [0.1, 0.15) is 0 Å². The van der Waals surface area contributed by atoms with E-state index in [4.69, 9.17) is 16.9 Å². The van der Waals surface area contributed by atoms with Gasteiger partial charge in [0, 0.05) is 10.2 Å². The summed E-state index contributed by atoms with van der Waals surface area (Å²) in [5.41, 5.74) is 1.53. The van der Waals surface area contributed by atoms with Crippen molar-refractivity contribution in [1.29, 1.82) is 5.26 Å². The van der Waals surface area contributed by atoms with E-state index in [0.717, 1.165) is 0 Å². The van der Waals surface area contributed by atoms with Crippen LogP contribution in [-0.4, -0.2) is 11.1 Å². The summed E-state index contributed by atoms with van der Waals surface area (Å²) < 4.78 is 0.670. The predicted molar refractivity (Wildman–Crippen MR) is 84.3 cm³/mol. The number of nitrogens with one attached hydrogen (secondary N) is 1. The first-order valence-electron chi connectivity index (χ1n) is 5.95. The number of hydrogen-bond acceptors (Lipinski definition) is 3. The smallest absolute Gasteiger partial charge is 0.330 e. The first-order chi connectivity index (χ1) is 10.0. The van der Waals surface area contributed by atoms with E-state index in [1.165, 1.54) is 0 Å². The molecule has 2 aromatic carbocycles. The summed E-state index contributed by atoms with van der Waals surface area (Å²) in [5.74, 6) is -1.03. The lowest BCUT2D eigenvalue weighted by atomic mass is 10.0. The summed E-state index contributed by atoms with van der Waals surface area (Å²) in [6, 6.07) is 12.6. The van der Waals surface area contributed by atoms with Crippen LogP contribution in [0.4, 0.5) is 5.69 Å². The third-order valence-electron chi connectivity index (χ3n) is 2.83. The molecule has 0 saturated heterocycles. The van der Waals surface area contributed by atoms with Crippen LogP contribution in [-0.2, 0) is 4.79 Å². The first kappa shape index (κ1) is 15.4. The van der Waals surface area contributed by atoms with Gasteiger partial charge in [0.2, 0.25) is 0 Å². The number of anilines is 1. The number of carboxylic acids is 1. The Kier molecular flexibility index (Phi) is 4.84. The second-order valence-corrected chi connectivity index (χ2v) is 5.54. The van der Waals surface area contributed by atoms with Gasteiger partial charge in [-0.1, -0.05) is 23.7 Å². The summed E-state index contributed by atoms with van der Waals surface area (Å²) in [7, 11) is 0. The Balaban J connectivity index is 2.33. The highest BCUT2D eigenvalue weighted by atomic mass is 79.9. The van der Waals surface area contributed by atoms with Crippen LogP contribution in [0.3, 0.4) is 0 Å². The van der Waals surface area contributed by atoms with Gasteiger partial charge in [0.05, 0.1) is 16.7 Å². The highest BCUT2D eigenvalue weighted by Gasteiger charge is 2.20. The van der Waals surface area contributed by atoms with Gasteiger partial charge >= 0.3 is 5.97 Å². The molecule has 0 radical (unpaired) electrons. The van der Waals surface area contributed by atoms with Gasteiger partial charge in [0.15, 0.2) is 6.04 Å². The number of benzene rings is 2. The highest BCUT2D eigenvalue weighted by Crippen LogP contribution is 2.28. The zero-order valence-corrected chi connectivity index (χ0v) is 13.0. The fourth-order valence-electron chi connectivity index (χ4n) is 1.83. The monoisotopic (exact) mass is 364 g/mol. The van der Waals surface area contributed by atoms with Crippen LogP contribution in [0.25, 0.3) is 0 Å². The third kappa shape index (κ3) is 3.75. The highest BCUT2D eigenvalue weighted by molar-refractivity contribution is 9.10. The maximum absolute atomic E-state index is 11.5. The van der Waals surface area contributed by atoms with Crippen molar-refractivity contribution in [2.75, 3.05) is 5.32 Å². The Morgan fingerprint density at radius 1 is 1.33 bits per heavy atom. The van der Waals surface area contributed by atoms with Crippen molar-refractivity contribution in [2.24, 2.45) is 0 Å². The Hall–Kier alpha value is -2.03. The topological polar surface area (TPSA) is 73.1 Å². The van der Waals surface area contributed by atoms with Crippen LogP contribution in [0.2, 0.25) is 5.02 Å². The van der Waals surface area contributed by atoms with Crippen molar-refractivity contribution in [3.05, 3.63) is 63.1 Å². The van der Waals surface area contributed by atoms with Crippen molar-refractivity contribution >= 4 is 39.2 Å². The molecule has 0 aliphatic rings. The molecule has 0 saturated carbocycles. The van der Waals surface area contributed by atoms with E-state index >= 15 is 0 Å². The summed E-state index contributed by atoms with van der Waals surface area (Å²) in [6.07, 6.45) is 0. The van der Waals surface area contributed by atoms with Gasteiger partial charge in [0.25, 0.3) is 0 Å². The van der Waals surface area contributed by atoms with Gasteiger partial charge in [-0.25, -0.2) is 4.79 Å². The third-order valence-corrected chi connectivity index (χ3v) is 4.04. The first-order valence-corrected chi connectivity index (χ1v) is 7.13. The van der Waals surface area contributed by atoms with Crippen LogP contribution >= 0.6 is 27.5 Å². The molecule has 4 nitrogen and oxygen atoms in total. The molecule has 2 N–H and O–H groups in total. The molecule has 0 bridgehead atoms. The van der Waals surface area contributed by atoms with Crippen LogP contribution in [0.1, 0.15) is 17.2 Å². The molecular formula is C15H10BrClN2O2. The summed E-state index contributed by atoms with van der Waals surface area (Å²) >= 11 is 9.20. The average molecular weight is 366 g/mol. The molecule has 0 aliphatic heterocycles. The number of nitrogens with zero attached hydrogens (tertiary/aromatic N) is 1. The van der Waals surface area contributed by atoms with E-state index in [9.17, 15) is 9.90 Å². The summed E-state index contributed by atoms with van der Waals surface area (Å²) in [5, 5.41) is 21.7. The second-order valence-electron chi connectivity index (χ2n) is 4.28. The maximum atomic E-state index is 11.5. The Morgan fingerprint density at radius 2 is 2.10 bits per heavy atom. The molecule has 0 amide bonds. The predicted octanol–water partition coefficient (Wildman–Crippen LogP) is 4.21. The van der Waals surface area contributed by atoms with Crippen LogP contribution in [0.15, 0.2) is 46.9 Å². The van der Waals surface area contributed by atoms with Crippen LogP contribution in [0.5, 0.6) is 0 Å². The van der Waals surface area contributed by atoms with E-state index in [-0.39, 0.29) is 0 Å². The van der Waals surface area contributed by atoms with Gasteiger partial charge in [-0.3, -0.25) is 0 Å². The lowest BCUT2D eigenvalue weighted by Gasteiger charge is -2.17. The van der Waals surface area contributed by atoms with Crippen molar-refractivity contribution in [3.63, 3.8) is 0 Å². The normalized spacial score (nSPS) is 11.5. The van der Waals surface area contributed by atoms with Gasteiger partial charge in [-0.2, -0.15) is 5.26 Å². The zero-order chi connectivity index (χ0) is 15.4. The van der Waals surface area contributed by atoms with Crippen LogP contribution < -0.4 is 5.32 Å². The van der Waals surface area contributed by atoms with Crippen LogP contribution in [0, 0.1) is 11.3 Å². The number of halogens is 2. The zero-order valence-electron chi connectivity index (χ0n) is 10.7. The van der Waals surface area contributed by atoms with Gasteiger partial charge in [-0.15, -0.1) is 0 Å². The molecule has 106 valence electrons. The van der Waals surface area contributed by atoms with E-state index in [1.54, 1.807) is 42.5 Å². The quantitative estimate of drug-likeness (QED) is 0.851. The van der Waals surface area contributed by atoms with Crippen molar-refractivity contribution in [1.82, 2.24) is 0 Å². The molecule has 1 unspecified atom stereocenters. The lowest BCUT2D eigenvalue weighted by Crippen LogP contribution is -2.20. The molecule has 2 aromatic rings. The number of nitriles is 1. The molecule has 2 rings (SSSR count). The largest absolute Gasteiger partial charge is 0.479 e. The Bertz CT molecular complexity index is 728. The number of carboxylic acid groups (broad SMARTS) is 1. The van der Waals surface area contributed by atoms with E-state index in [0.29, 0.717) is 26.3 Å². The second kappa shape index (κ2) is 6.61. The summed E-state index contributed by atoms with van der Waals surface area (Å²) in [4.78, 5) is 11.5. The molecule has 6 heteroatoms. The minimum atomic E-state index is -1.03. The molecule has 21 heavy (non-hydrogen) atoms. The van der Waals surface area contributed by atoms with E-state index < -0.39 is 12.0 Å². The number of carbonyl (C=O) groups is 1. The van der Waals surface area contributed by atoms with E-state index in [1.807, 2.05) is 6.07 Å². The molecule has 0 aromatic heterocycles. The molecule has 0 heterocycles. The fraction of sp³-hybridized carbons (Fsp3) is 0.0667. The minimum absolute atomic E-state index is 0.415. The molecule has 0 aliphatic carbocycles. The standard InChI is InChI=1S/C15H10BrClN2O2/c16-12-7-11(4-5-13(12)17)19-14(15(20)21)10-3-1-2-9(6-10)8-18/h1-7,14,19H,(H,20,21). The van der Waals surface area contributed by atoms with Crippen molar-refractivity contribution in [2.45, 2.75) is 6.04 Å². The Labute approximate surface area is 135 Å². The van der Waals surface area contributed by atoms with Crippen molar-refractivity contribution < 1.29 is 9.90 Å². The molecule has 1 atom stereocenters. The Morgan fingerprint density at radius 3 is 2.71 bits per heavy atom. The van der Waals surface area contributed by atoms with Crippen molar-refractivity contribution in [3.8, 4) is 6.07 Å². The maximum Gasteiger partial charge on any atom is 0.330 e. The lowest BCUT2D eigenvalue weighted by molar-refractivity contribution is -0.138. The minimum Gasteiger partial charge on any atom is -0.479 e. The molecule has 0 fully saturated rings. The fourth-order valence-corrected chi connectivity index (χ4v) is 2.32. The SMILES string of the molecule is N#Cc1cccc(C(Nc2ccc(Cl)c(Br)c2)C(=O)O)c1. The molecule has 0 spiro atoms. The number of aliphatic carboxylic acids is 1. The number of rotatable bonds is 4. The summed E-state index contributed by atoms with van der Waals surface area (Å²) in [6.45, 7) is 0. The van der Waals surface area contributed by atoms with Gasteiger partial charge in [-0.05, 0) is 51.8 Å². The van der Waals surface area contributed by atoms with E-state index in [2.05, 4.69) is 21.2 Å². The average Bonchev–Trinajstić information content (AvgIpc) is 2.48. The molecular weight excluding hydrogens is 356 g/mol. The number of hydrogen-bond donors (Lipinski definition) is 2.